The number of hydrogen-bond acceptors (Lipinski definition) is 5. The van der Waals surface area contributed by atoms with Crippen molar-refractivity contribution in [3.63, 3.8) is 0 Å². The van der Waals surface area contributed by atoms with E-state index < -0.39 is 0 Å². The van der Waals surface area contributed by atoms with Crippen molar-refractivity contribution in [1.82, 2.24) is 10.2 Å². The molecule has 3 saturated heterocycles. The van der Waals surface area contributed by atoms with Crippen LogP contribution in [0.25, 0.3) is 0 Å². The largest absolute Gasteiger partial charge is 0.496 e. The van der Waals surface area contributed by atoms with E-state index in [-0.39, 0.29) is 11.9 Å². The Morgan fingerprint density at radius 1 is 1.09 bits per heavy atom. The Labute approximate surface area is 136 Å². The van der Waals surface area contributed by atoms with Crippen molar-refractivity contribution in [1.29, 1.82) is 0 Å². The molecule has 0 spiro atoms. The third-order valence-electron chi connectivity index (χ3n) is 4.91. The summed E-state index contributed by atoms with van der Waals surface area (Å²) in [7, 11) is 4.65. The maximum atomic E-state index is 12.8. The van der Waals surface area contributed by atoms with E-state index in [2.05, 4.69) is 10.2 Å². The van der Waals surface area contributed by atoms with Gasteiger partial charge in [0, 0.05) is 24.7 Å². The third-order valence-corrected chi connectivity index (χ3v) is 4.91. The second kappa shape index (κ2) is 6.66. The van der Waals surface area contributed by atoms with Crippen molar-refractivity contribution in [3.8, 4) is 17.2 Å². The lowest BCUT2D eigenvalue weighted by molar-refractivity contribution is 0.0617. The molecule has 0 saturated carbocycles. The van der Waals surface area contributed by atoms with E-state index in [0.717, 1.165) is 32.5 Å². The predicted octanol–water partition coefficient (Wildman–Crippen LogP) is 1.54. The van der Waals surface area contributed by atoms with Crippen LogP contribution in [-0.2, 0) is 0 Å². The zero-order valence-corrected chi connectivity index (χ0v) is 13.9. The quantitative estimate of drug-likeness (QED) is 0.892. The molecule has 2 bridgehead atoms. The third kappa shape index (κ3) is 3.08. The Morgan fingerprint density at radius 3 is 2.13 bits per heavy atom. The van der Waals surface area contributed by atoms with Gasteiger partial charge in [0.05, 0.1) is 21.3 Å². The number of nitrogens with zero attached hydrogens (tertiary/aromatic N) is 1. The Hall–Kier alpha value is -1.95. The molecule has 1 atom stereocenters. The van der Waals surface area contributed by atoms with Gasteiger partial charge in [-0.05, 0) is 31.8 Å². The molecule has 1 amide bonds. The molecule has 6 nitrogen and oxygen atoms in total. The van der Waals surface area contributed by atoms with E-state index >= 15 is 0 Å². The minimum Gasteiger partial charge on any atom is -0.496 e. The van der Waals surface area contributed by atoms with Gasteiger partial charge < -0.3 is 24.4 Å². The van der Waals surface area contributed by atoms with E-state index in [4.69, 9.17) is 14.2 Å². The molecule has 3 aliphatic heterocycles. The summed E-state index contributed by atoms with van der Waals surface area (Å²) in [5.74, 6) is 1.93. The molecule has 4 rings (SSSR count). The van der Waals surface area contributed by atoms with Crippen LogP contribution in [0, 0.1) is 5.92 Å². The average molecular weight is 320 g/mol. The highest BCUT2D eigenvalue weighted by Crippen LogP contribution is 2.35. The molecule has 0 aromatic heterocycles. The molecule has 23 heavy (non-hydrogen) atoms. The Balaban J connectivity index is 1.84. The lowest BCUT2D eigenvalue weighted by Gasteiger charge is -2.45. The molecule has 1 aromatic carbocycles. The van der Waals surface area contributed by atoms with Crippen LogP contribution in [0.5, 0.6) is 17.2 Å². The summed E-state index contributed by atoms with van der Waals surface area (Å²) in [6.07, 6.45) is 2.31. The summed E-state index contributed by atoms with van der Waals surface area (Å²) >= 11 is 0. The summed E-state index contributed by atoms with van der Waals surface area (Å²) in [5.41, 5.74) is 0.423. The van der Waals surface area contributed by atoms with E-state index in [1.807, 2.05) is 0 Å². The first kappa shape index (κ1) is 15.9. The fourth-order valence-corrected chi connectivity index (χ4v) is 3.60. The molecule has 3 fully saturated rings. The van der Waals surface area contributed by atoms with Crippen molar-refractivity contribution < 1.29 is 19.0 Å². The van der Waals surface area contributed by atoms with Crippen molar-refractivity contribution in [2.24, 2.45) is 5.92 Å². The predicted molar refractivity (Wildman–Crippen MR) is 86.5 cm³/mol. The van der Waals surface area contributed by atoms with E-state index in [1.165, 1.54) is 0 Å². The monoisotopic (exact) mass is 320 g/mol. The van der Waals surface area contributed by atoms with Gasteiger partial charge in [0.1, 0.15) is 22.8 Å². The lowest BCUT2D eigenvalue weighted by atomic mass is 9.84. The van der Waals surface area contributed by atoms with Crippen LogP contribution in [0.3, 0.4) is 0 Å². The second-order valence-electron chi connectivity index (χ2n) is 6.12. The topological polar surface area (TPSA) is 60.0 Å². The SMILES string of the molecule is COc1cc(OC)c(C(=O)NC2CN3CCC2CC3)c(OC)c1. The molecule has 1 N–H and O–H groups in total. The molecule has 0 radical (unpaired) electrons. The molecular formula is C17H24N2O4. The van der Waals surface area contributed by atoms with Gasteiger partial charge >= 0.3 is 0 Å². The molecule has 6 heteroatoms. The van der Waals surface area contributed by atoms with E-state index in [1.54, 1.807) is 33.5 Å². The number of ether oxygens (including phenoxy) is 3. The first-order chi connectivity index (χ1) is 11.2. The molecule has 1 aromatic rings. The standard InChI is InChI=1S/C17H24N2O4/c1-21-12-8-14(22-2)16(15(9-12)23-3)17(20)18-13-10-19-6-4-11(13)5-7-19/h8-9,11,13H,4-7,10H2,1-3H3,(H,18,20). The Morgan fingerprint density at radius 2 is 1.70 bits per heavy atom. The number of methoxy groups -OCH3 is 3. The van der Waals surface area contributed by atoms with E-state index in [9.17, 15) is 4.79 Å². The van der Waals surface area contributed by atoms with Crippen LogP contribution < -0.4 is 19.5 Å². The first-order valence-electron chi connectivity index (χ1n) is 7.99. The number of piperidine rings is 3. The highest BCUT2D eigenvalue weighted by molar-refractivity contribution is 6.00. The van der Waals surface area contributed by atoms with Crippen LogP contribution in [0.1, 0.15) is 23.2 Å². The average Bonchev–Trinajstić information content (AvgIpc) is 2.61. The summed E-state index contributed by atoms with van der Waals surface area (Å²) in [4.78, 5) is 15.2. The number of amides is 1. The van der Waals surface area contributed by atoms with Gasteiger partial charge in [0.2, 0.25) is 0 Å². The molecule has 3 aliphatic rings. The number of hydrogen-bond donors (Lipinski definition) is 1. The van der Waals surface area contributed by atoms with Crippen molar-refractivity contribution in [3.05, 3.63) is 17.7 Å². The zero-order valence-electron chi connectivity index (χ0n) is 13.9. The van der Waals surface area contributed by atoms with Crippen LogP contribution in [-0.4, -0.2) is 57.8 Å². The highest BCUT2D eigenvalue weighted by atomic mass is 16.5. The van der Waals surface area contributed by atoms with Crippen molar-refractivity contribution >= 4 is 5.91 Å². The number of carbonyl (C=O) groups is 1. The number of rotatable bonds is 5. The van der Waals surface area contributed by atoms with Gasteiger partial charge in [0.15, 0.2) is 0 Å². The van der Waals surface area contributed by atoms with Gasteiger partial charge in [-0.1, -0.05) is 0 Å². The molecule has 0 aliphatic carbocycles. The summed E-state index contributed by atoms with van der Waals surface area (Å²) < 4.78 is 16.0. The lowest BCUT2D eigenvalue weighted by Crippen LogP contribution is -2.57. The zero-order chi connectivity index (χ0) is 16.4. The first-order valence-corrected chi connectivity index (χ1v) is 7.99. The Bertz CT molecular complexity index is 557. The fourth-order valence-electron chi connectivity index (χ4n) is 3.60. The molecular weight excluding hydrogens is 296 g/mol. The summed E-state index contributed by atoms with van der Waals surface area (Å²) in [6, 6.07) is 3.60. The van der Waals surface area contributed by atoms with Crippen LogP contribution in [0.4, 0.5) is 0 Å². The smallest absolute Gasteiger partial charge is 0.259 e. The fraction of sp³-hybridized carbons (Fsp3) is 0.588. The summed E-state index contributed by atoms with van der Waals surface area (Å²) in [6.45, 7) is 3.22. The van der Waals surface area contributed by atoms with Crippen molar-refractivity contribution in [2.75, 3.05) is 41.0 Å². The van der Waals surface area contributed by atoms with Gasteiger partial charge in [-0.3, -0.25) is 4.79 Å². The van der Waals surface area contributed by atoms with Gasteiger partial charge in [-0.15, -0.1) is 0 Å². The molecule has 126 valence electrons. The number of carbonyl (C=O) groups excluding carboxylic acids is 1. The second-order valence-corrected chi connectivity index (χ2v) is 6.12. The molecule has 3 heterocycles. The van der Waals surface area contributed by atoms with E-state index in [0.29, 0.717) is 28.7 Å². The van der Waals surface area contributed by atoms with Gasteiger partial charge in [-0.25, -0.2) is 0 Å². The summed E-state index contributed by atoms with van der Waals surface area (Å²) in [5, 5.41) is 3.17. The minimum absolute atomic E-state index is 0.153. The van der Waals surface area contributed by atoms with Crippen LogP contribution in [0.2, 0.25) is 0 Å². The molecule has 1 unspecified atom stereocenters. The van der Waals surface area contributed by atoms with Crippen LogP contribution >= 0.6 is 0 Å². The normalized spacial score (nSPS) is 25.8. The van der Waals surface area contributed by atoms with Gasteiger partial charge in [0.25, 0.3) is 5.91 Å². The van der Waals surface area contributed by atoms with Gasteiger partial charge in [-0.2, -0.15) is 0 Å². The van der Waals surface area contributed by atoms with Crippen LogP contribution in [0.15, 0.2) is 12.1 Å². The number of nitrogens with one attached hydrogen (secondary N) is 1. The Kier molecular flexibility index (Phi) is 4.61. The number of fused-ring (bicyclic) bond motifs is 3. The number of benzene rings is 1. The highest BCUT2D eigenvalue weighted by Gasteiger charge is 2.35. The maximum Gasteiger partial charge on any atom is 0.259 e. The van der Waals surface area contributed by atoms with Crippen molar-refractivity contribution in [2.45, 2.75) is 18.9 Å². The minimum atomic E-state index is -0.153. The maximum absolute atomic E-state index is 12.8.